The van der Waals surface area contributed by atoms with Gasteiger partial charge in [0.1, 0.15) is 0 Å². The molecular weight excluding hydrogens is 140 g/mol. The van der Waals surface area contributed by atoms with Crippen molar-refractivity contribution in [2.45, 2.75) is 20.8 Å². The summed E-state index contributed by atoms with van der Waals surface area (Å²) < 4.78 is 0. The Hall–Kier alpha value is -0.570. The van der Waals surface area contributed by atoms with Gasteiger partial charge in [-0.3, -0.25) is 4.79 Å². The molecule has 0 rings (SSSR count). The number of amides is 1. The van der Waals surface area contributed by atoms with Gasteiger partial charge >= 0.3 is 0 Å². The zero-order valence-corrected chi connectivity index (χ0v) is 7.63. The minimum Gasteiger partial charge on any atom is -0.343 e. The molecule has 3 heteroatoms. The van der Waals surface area contributed by atoms with Gasteiger partial charge in [-0.2, -0.15) is 0 Å². The second-order valence-electron chi connectivity index (χ2n) is 2.65. The molecule has 0 aromatic heterocycles. The van der Waals surface area contributed by atoms with Crippen molar-refractivity contribution in [3.8, 4) is 0 Å². The molecule has 11 heavy (non-hydrogen) atoms. The van der Waals surface area contributed by atoms with Gasteiger partial charge < -0.3 is 10.6 Å². The summed E-state index contributed by atoms with van der Waals surface area (Å²) in [6, 6.07) is 0. The molecule has 0 heterocycles. The summed E-state index contributed by atoms with van der Waals surface area (Å²) in [6.07, 6.45) is 0. The van der Waals surface area contributed by atoms with Crippen LogP contribution in [0.3, 0.4) is 0 Å². The summed E-state index contributed by atoms with van der Waals surface area (Å²) in [5, 5.41) is 0. The molecule has 0 spiro atoms. The van der Waals surface area contributed by atoms with E-state index in [1.54, 1.807) is 4.90 Å². The van der Waals surface area contributed by atoms with Crippen molar-refractivity contribution >= 4 is 5.91 Å². The van der Waals surface area contributed by atoms with Crippen molar-refractivity contribution in [1.82, 2.24) is 4.90 Å². The third-order valence-electron chi connectivity index (χ3n) is 1.85. The lowest BCUT2D eigenvalue weighted by Gasteiger charge is -2.21. The predicted molar refractivity (Wildman–Crippen MR) is 46.1 cm³/mol. The molecule has 0 radical (unpaired) electrons. The van der Waals surface area contributed by atoms with Gasteiger partial charge in [0, 0.05) is 25.6 Å². The monoisotopic (exact) mass is 158 g/mol. The van der Waals surface area contributed by atoms with Gasteiger partial charge in [0.15, 0.2) is 0 Å². The molecule has 0 aliphatic heterocycles. The van der Waals surface area contributed by atoms with Crippen LogP contribution in [0.1, 0.15) is 20.8 Å². The Bertz CT molecular complexity index is 121. The Balaban J connectivity index is 3.97. The lowest BCUT2D eigenvalue weighted by Crippen LogP contribution is -2.37. The summed E-state index contributed by atoms with van der Waals surface area (Å²) in [5.41, 5.74) is 5.37. The van der Waals surface area contributed by atoms with E-state index in [2.05, 4.69) is 0 Å². The fourth-order valence-corrected chi connectivity index (χ4v) is 0.948. The molecule has 1 atom stereocenters. The second-order valence-corrected chi connectivity index (χ2v) is 2.65. The van der Waals surface area contributed by atoms with E-state index < -0.39 is 0 Å². The number of hydrogen-bond donors (Lipinski definition) is 1. The van der Waals surface area contributed by atoms with Gasteiger partial charge in [0.05, 0.1) is 0 Å². The van der Waals surface area contributed by atoms with E-state index in [0.717, 1.165) is 13.1 Å². The quantitative estimate of drug-likeness (QED) is 0.645. The largest absolute Gasteiger partial charge is 0.343 e. The fraction of sp³-hybridized carbons (Fsp3) is 0.875. The Kier molecular flexibility index (Phi) is 4.86. The molecule has 1 unspecified atom stereocenters. The molecule has 1 amide bonds. The highest BCUT2D eigenvalue weighted by molar-refractivity contribution is 5.78. The predicted octanol–water partition coefficient (Wildman–Crippen LogP) is 0.450. The number of nitrogens with zero attached hydrogens (tertiary/aromatic N) is 1. The third kappa shape index (κ3) is 2.89. The number of hydrogen-bond acceptors (Lipinski definition) is 2. The minimum absolute atomic E-state index is 0.0325. The molecule has 66 valence electrons. The first-order valence-electron chi connectivity index (χ1n) is 4.16. The maximum Gasteiger partial charge on any atom is 0.226 e. The van der Waals surface area contributed by atoms with Gasteiger partial charge in [-0.15, -0.1) is 0 Å². The van der Waals surface area contributed by atoms with Crippen LogP contribution in [0.2, 0.25) is 0 Å². The zero-order valence-electron chi connectivity index (χ0n) is 7.63. The number of rotatable bonds is 4. The van der Waals surface area contributed by atoms with Crippen LogP contribution in [-0.4, -0.2) is 30.4 Å². The maximum absolute atomic E-state index is 11.4. The SMILES string of the molecule is CCN(CC)C(=O)C(C)CN. The van der Waals surface area contributed by atoms with Crippen LogP contribution in [-0.2, 0) is 4.79 Å². The van der Waals surface area contributed by atoms with Gasteiger partial charge in [0.2, 0.25) is 5.91 Å². The highest BCUT2D eigenvalue weighted by Gasteiger charge is 2.15. The van der Waals surface area contributed by atoms with Crippen molar-refractivity contribution in [3.63, 3.8) is 0 Å². The van der Waals surface area contributed by atoms with Crippen LogP contribution < -0.4 is 5.73 Å². The lowest BCUT2D eigenvalue weighted by atomic mass is 10.1. The van der Waals surface area contributed by atoms with E-state index in [9.17, 15) is 4.79 Å². The smallest absolute Gasteiger partial charge is 0.226 e. The highest BCUT2D eigenvalue weighted by Crippen LogP contribution is 1.99. The fourth-order valence-electron chi connectivity index (χ4n) is 0.948. The first-order valence-corrected chi connectivity index (χ1v) is 4.16. The third-order valence-corrected chi connectivity index (χ3v) is 1.85. The van der Waals surface area contributed by atoms with E-state index in [1.165, 1.54) is 0 Å². The average Bonchev–Trinajstić information content (AvgIpc) is 2.05. The number of carbonyl (C=O) groups is 1. The summed E-state index contributed by atoms with van der Waals surface area (Å²) >= 11 is 0. The normalized spacial score (nSPS) is 12.7. The highest BCUT2D eigenvalue weighted by atomic mass is 16.2. The van der Waals surface area contributed by atoms with Crippen LogP contribution in [0, 0.1) is 5.92 Å². The molecule has 2 N–H and O–H groups in total. The van der Waals surface area contributed by atoms with Crippen molar-refractivity contribution in [3.05, 3.63) is 0 Å². The van der Waals surface area contributed by atoms with Crippen LogP contribution in [0.5, 0.6) is 0 Å². The van der Waals surface area contributed by atoms with E-state index >= 15 is 0 Å². The van der Waals surface area contributed by atoms with Crippen LogP contribution >= 0.6 is 0 Å². The molecule has 3 nitrogen and oxygen atoms in total. The van der Waals surface area contributed by atoms with Gasteiger partial charge in [-0.25, -0.2) is 0 Å². The second kappa shape index (κ2) is 5.13. The van der Waals surface area contributed by atoms with E-state index in [4.69, 9.17) is 5.73 Å². The standard InChI is InChI=1S/C8H18N2O/c1-4-10(5-2)8(11)7(3)6-9/h7H,4-6,9H2,1-3H3. The molecule has 0 aliphatic carbocycles. The van der Waals surface area contributed by atoms with Crippen molar-refractivity contribution < 1.29 is 4.79 Å². The molecule has 0 aliphatic rings. The first-order chi connectivity index (χ1) is 5.17. The maximum atomic E-state index is 11.4. The van der Waals surface area contributed by atoms with Crippen molar-refractivity contribution in [2.24, 2.45) is 11.7 Å². The average molecular weight is 158 g/mol. The molecule has 0 aromatic carbocycles. The number of carbonyl (C=O) groups excluding carboxylic acids is 1. The molecule has 0 saturated heterocycles. The zero-order chi connectivity index (χ0) is 8.85. The molecular formula is C8H18N2O. The summed E-state index contributed by atoms with van der Waals surface area (Å²) in [6.45, 7) is 7.81. The topological polar surface area (TPSA) is 46.3 Å². The van der Waals surface area contributed by atoms with E-state index in [0.29, 0.717) is 6.54 Å². The van der Waals surface area contributed by atoms with Crippen LogP contribution in [0.4, 0.5) is 0 Å². The molecule has 0 aromatic rings. The first kappa shape index (κ1) is 10.4. The minimum atomic E-state index is -0.0325. The molecule has 0 saturated carbocycles. The van der Waals surface area contributed by atoms with E-state index in [-0.39, 0.29) is 11.8 Å². The lowest BCUT2D eigenvalue weighted by molar-refractivity contribution is -0.134. The Morgan fingerprint density at radius 3 is 2.18 bits per heavy atom. The summed E-state index contributed by atoms with van der Waals surface area (Å²) in [5.74, 6) is 0.132. The number of nitrogens with two attached hydrogens (primary N) is 1. The Labute approximate surface area is 68.6 Å². The van der Waals surface area contributed by atoms with Gasteiger partial charge in [-0.05, 0) is 13.8 Å². The van der Waals surface area contributed by atoms with Gasteiger partial charge in [0.25, 0.3) is 0 Å². The summed E-state index contributed by atoms with van der Waals surface area (Å²) in [4.78, 5) is 13.2. The summed E-state index contributed by atoms with van der Waals surface area (Å²) in [7, 11) is 0. The van der Waals surface area contributed by atoms with Crippen LogP contribution in [0.25, 0.3) is 0 Å². The van der Waals surface area contributed by atoms with Crippen LogP contribution in [0.15, 0.2) is 0 Å². The molecule has 0 bridgehead atoms. The van der Waals surface area contributed by atoms with Crippen molar-refractivity contribution in [2.75, 3.05) is 19.6 Å². The Morgan fingerprint density at radius 1 is 1.45 bits per heavy atom. The Morgan fingerprint density at radius 2 is 1.91 bits per heavy atom. The van der Waals surface area contributed by atoms with Crippen molar-refractivity contribution in [1.29, 1.82) is 0 Å². The van der Waals surface area contributed by atoms with Gasteiger partial charge in [-0.1, -0.05) is 6.92 Å². The van der Waals surface area contributed by atoms with E-state index in [1.807, 2.05) is 20.8 Å². The molecule has 0 fully saturated rings.